The first-order chi connectivity index (χ1) is 27.8. The average Bonchev–Trinajstić information content (AvgIpc) is 3.48. The number of aromatic carboxylic acids is 1. The van der Waals surface area contributed by atoms with E-state index in [2.05, 4.69) is 0 Å². The minimum atomic E-state index is -4.87. The zero-order valence-electron chi connectivity index (χ0n) is 34.1. The monoisotopic (exact) mass is 894 g/mol. The molecule has 3 N–H and O–H groups in total. The molecule has 2 aromatic rings. The molecule has 17 nitrogen and oxygen atoms in total. The molecule has 0 aromatic heterocycles. The van der Waals surface area contributed by atoms with E-state index in [1.165, 1.54) is 11.0 Å². The van der Waals surface area contributed by atoms with Crippen molar-refractivity contribution < 1.29 is 72.5 Å². The van der Waals surface area contributed by atoms with Crippen LogP contribution in [-0.4, -0.2) is 110 Å². The standard InChI is InChI=1S/C40H50N2O15S3/c1-7-18-56-37(45)26-22-29(38(46)57-19-8-2)35-30(23-26)41(16-12-20-58(47,48)49)33(40(35,5)6)15-11-9-10-14-32-39(3,4)34-28(36(43)44)24-27(60(53,54)55)25-31(34)42(32)17-13-21-59(50,51)52/h9-11,14-15,22-25H,7-8,12-13,16-21H2,1-6H3,(H3-,43,44,47,48,49,50,51,52,53,54,55). The van der Waals surface area contributed by atoms with Gasteiger partial charge in [0.05, 0.1) is 61.6 Å². The molecule has 0 radical (unpaired) electrons. The van der Waals surface area contributed by atoms with Crippen LogP contribution in [0.15, 0.2) is 65.2 Å². The summed E-state index contributed by atoms with van der Waals surface area (Å²) in [6, 6.07) is 4.90. The Hall–Kier alpha value is -4.73. The van der Waals surface area contributed by atoms with E-state index < -0.39 is 81.1 Å². The van der Waals surface area contributed by atoms with Crippen molar-refractivity contribution in [3.05, 3.63) is 88.2 Å². The molecule has 0 atom stereocenters. The fourth-order valence-corrected chi connectivity index (χ4v) is 9.05. The third-order valence-corrected chi connectivity index (χ3v) is 12.5. The van der Waals surface area contributed by atoms with E-state index in [0.717, 1.165) is 12.1 Å². The number of benzene rings is 2. The molecule has 4 rings (SSSR count). The number of rotatable bonds is 19. The molecule has 0 unspecified atom stereocenters. The minimum Gasteiger partial charge on any atom is -0.748 e. The maximum Gasteiger partial charge on any atom is 0.338 e. The quantitative estimate of drug-likeness (QED) is 0.0713. The minimum absolute atomic E-state index is 0.00464. The van der Waals surface area contributed by atoms with Crippen molar-refractivity contribution in [3.63, 3.8) is 0 Å². The number of fused-ring (bicyclic) bond motifs is 2. The van der Waals surface area contributed by atoms with Crippen molar-refractivity contribution in [2.45, 2.75) is 83.0 Å². The molecule has 0 spiro atoms. The van der Waals surface area contributed by atoms with Crippen LogP contribution in [0.4, 0.5) is 11.4 Å². The van der Waals surface area contributed by atoms with Crippen LogP contribution < -0.4 is 4.90 Å². The molecule has 0 fully saturated rings. The zero-order valence-corrected chi connectivity index (χ0v) is 36.6. The number of carboxylic acids is 1. The molecule has 2 aliphatic rings. The van der Waals surface area contributed by atoms with E-state index >= 15 is 0 Å². The maximum absolute atomic E-state index is 13.5. The van der Waals surface area contributed by atoms with Crippen molar-refractivity contribution in [1.29, 1.82) is 0 Å². The third kappa shape index (κ3) is 11.0. The van der Waals surface area contributed by atoms with Crippen molar-refractivity contribution in [1.82, 2.24) is 0 Å². The number of esters is 2. The van der Waals surface area contributed by atoms with Crippen LogP contribution in [0.1, 0.15) is 109 Å². The van der Waals surface area contributed by atoms with Gasteiger partial charge in [-0.2, -0.15) is 21.4 Å². The van der Waals surface area contributed by atoms with Gasteiger partial charge in [-0.3, -0.25) is 9.11 Å². The highest BCUT2D eigenvalue weighted by molar-refractivity contribution is 7.86. The van der Waals surface area contributed by atoms with Gasteiger partial charge in [0, 0.05) is 53.2 Å². The Morgan fingerprint density at radius 2 is 1.43 bits per heavy atom. The molecule has 328 valence electrons. The van der Waals surface area contributed by atoms with E-state index in [4.69, 9.17) is 9.47 Å². The molecule has 2 heterocycles. The van der Waals surface area contributed by atoms with Crippen molar-refractivity contribution in [2.24, 2.45) is 0 Å². The second kappa shape index (κ2) is 18.5. The normalized spacial score (nSPS) is 16.8. The molecule has 0 saturated heterocycles. The summed E-state index contributed by atoms with van der Waals surface area (Å²) in [5, 5.41) is 10.1. The first-order valence-electron chi connectivity index (χ1n) is 19.0. The number of hydrogen-bond donors (Lipinski definition) is 3. The Kier molecular flexibility index (Phi) is 14.8. The lowest BCUT2D eigenvalue weighted by Crippen LogP contribution is -2.29. The first kappa shape index (κ1) is 47.9. The Morgan fingerprint density at radius 3 is 2.00 bits per heavy atom. The number of nitrogens with zero attached hydrogens (tertiary/aromatic N) is 2. The number of anilines is 1. The Morgan fingerprint density at radius 1 is 0.800 bits per heavy atom. The van der Waals surface area contributed by atoms with Crippen molar-refractivity contribution in [2.75, 3.05) is 42.7 Å². The van der Waals surface area contributed by atoms with Gasteiger partial charge in [-0.25, -0.2) is 22.8 Å². The lowest BCUT2D eigenvalue weighted by molar-refractivity contribution is -0.437. The van der Waals surface area contributed by atoms with E-state index in [9.17, 15) is 58.4 Å². The van der Waals surface area contributed by atoms with Crippen molar-refractivity contribution >= 4 is 65.3 Å². The number of ether oxygens (including phenoxy) is 2. The van der Waals surface area contributed by atoms with Crippen LogP contribution in [0, 0.1) is 0 Å². The highest BCUT2D eigenvalue weighted by atomic mass is 32.2. The van der Waals surface area contributed by atoms with Crippen LogP contribution in [-0.2, 0) is 50.7 Å². The molecular formula is C40H50N2O15S3. The van der Waals surface area contributed by atoms with E-state index in [0.29, 0.717) is 35.5 Å². The van der Waals surface area contributed by atoms with Gasteiger partial charge in [-0.05, 0) is 57.4 Å². The van der Waals surface area contributed by atoms with E-state index in [-0.39, 0.29) is 61.5 Å². The fraction of sp³-hybridized carbons (Fsp3) is 0.450. The molecule has 0 bridgehead atoms. The van der Waals surface area contributed by atoms with E-state index in [1.54, 1.807) is 54.9 Å². The van der Waals surface area contributed by atoms with Gasteiger partial charge in [0.25, 0.3) is 20.2 Å². The van der Waals surface area contributed by atoms with Gasteiger partial charge in [-0.1, -0.05) is 45.9 Å². The average molecular weight is 895 g/mol. The molecule has 2 aliphatic heterocycles. The summed E-state index contributed by atoms with van der Waals surface area (Å²) in [7, 11) is -13.9. The first-order valence-corrected chi connectivity index (χ1v) is 23.7. The van der Waals surface area contributed by atoms with Crippen LogP contribution in [0.2, 0.25) is 0 Å². The summed E-state index contributed by atoms with van der Waals surface area (Å²) < 4.78 is 114. The molecular weight excluding hydrogens is 845 g/mol. The largest absolute Gasteiger partial charge is 0.748 e. The van der Waals surface area contributed by atoms with Gasteiger partial charge in [0.1, 0.15) is 6.54 Å². The van der Waals surface area contributed by atoms with Crippen LogP contribution >= 0.6 is 0 Å². The summed E-state index contributed by atoms with van der Waals surface area (Å²) in [6.45, 7) is 10.8. The van der Waals surface area contributed by atoms with Gasteiger partial charge < -0.3 is 24.0 Å². The summed E-state index contributed by atoms with van der Waals surface area (Å²) in [5.74, 6) is -4.16. The predicted molar refractivity (Wildman–Crippen MR) is 221 cm³/mol. The lowest BCUT2D eigenvalue weighted by Gasteiger charge is -2.27. The number of allylic oxidation sites excluding steroid dienone is 6. The molecule has 0 amide bonds. The van der Waals surface area contributed by atoms with Crippen LogP contribution in [0.3, 0.4) is 0 Å². The topological polar surface area (TPSA) is 262 Å². The number of carbonyl (C=O) groups excluding carboxylic acids is 2. The van der Waals surface area contributed by atoms with Gasteiger partial charge in [0.2, 0.25) is 5.69 Å². The Bertz CT molecular complexity index is 2520. The molecule has 0 aliphatic carbocycles. The lowest BCUT2D eigenvalue weighted by atomic mass is 9.78. The number of hydrogen-bond acceptors (Lipinski definition) is 13. The van der Waals surface area contributed by atoms with Crippen LogP contribution in [0.25, 0.3) is 0 Å². The van der Waals surface area contributed by atoms with Crippen LogP contribution in [0.5, 0.6) is 0 Å². The van der Waals surface area contributed by atoms with Gasteiger partial charge in [-0.15, -0.1) is 0 Å². The molecule has 0 saturated carbocycles. The number of carbonyl (C=O) groups is 3. The highest BCUT2D eigenvalue weighted by Gasteiger charge is 2.48. The second-order valence-corrected chi connectivity index (χ2v) is 19.8. The fourth-order valence-electron chi connectivity index (χ4n) is 7.55. The molecule has 60 heavy (non-hydrogen) atoms. The molecule has 2 aromatic carbocycles. The summed E-state index contributed by atoms with van der Waals surface area (Å²) in [5.41, 5.74) is -0.117. The predicted octanol–water partition coefficient (Wildman–Crippen LogP) is 5.15. The third-order valence-electron chi connectivity index (χ3n) is 10.1. The summed E-state index contributed by atoms with van der Waals surface area (Å²) in [6.07, 6.45) is 9.01. The van der Waals surface area contributed by atoms with Crippen molar-refractivity contribution in [3.8, 4) is 0 Å². The zero-order chi connectivity index (χ0) is 45.0. The van der Waals surface area contributed by atoms with E-state index in [1.807, 2.05) is 27.7 Å². The summed E-state index contributed by atoms with van der Waals surface area (Å²) in [4.78, 5) is 40.0. The molecule has 20 heteroatoms. The second-order valence-electron chi connectivity index (χ2n) is 15.3. The van der Waals surface area contributed by atoms with Gasteiger partial charge in [0.15, 0.2) is 5.71 Å². The smallest absolute Gasteiger partial charge is 0.338 e. The Labute approximate surface area is 350 Å². The Balaban J connectivity index is 1.86. The SMILES string of the molecule is CCCOC(=O)c1cc(C(=O)OCCC)c2c(c1)[N+](CCCS(=O)(=O)[O-])=C(/C=C/C=C/C=C1/N(CCCS(=O)(=O)O)c3cc(S(=O)(=O)O)cc(C(=O)O)c3C1(C)C)C2(C)C. The number of carboxylic acid groups (broad SMARTS) is 1. The maximum atomic E-state index is 13.5. The highest BCUT2D eigenvalue weighted by Crippen LogP contribution is 2.50. The van der Waals surface area contributed by atoms with Gasteiger partial charge >= 0.3 is 17.9 Å². The summed E-state index contributed by atoms with van der Waals surface area (Å²) >= 11 is 0.